The lowest BCUT2D eigenvalue weighted by Gasteiger charge is -2.13. The van der Waals surface area contributed by atoms with Crippen molar-refractivity contribution in [2.45, 2.75) is 32.6 Å². The molecule has 4 rings (SSSR count). The Morgan fingerprint density at radius 3 is 2.79 bits per heavy atom. The summed E-state index contributed by atoms with van der Waals surface area (Å²) in [5.41, 5.74) is 4.84. The predicted molar refractivity (Wildman–Crippen MR) is 89.1 cm³/mol. The zero-order valence-corrected chi connectivity index (χ0v) is 13.6. The fourth-order valence-corrected chi connectivity index (χ4v) is 3.07. The van der Waals surface area contributed by atoms with E-state index in [1.165, 1.54) is 6.33 Å². The van der Waals surface area contributed by atoms with E-state index in [2.05, 4.69) is 40.0 Å². The largest absolute Gasteiger partial charge is 0.294 e. The van der Waals surface area contributed by atoms with Gasteiger partial charge in [0, 0.05) is 23.7 Å². The van der Waals surface area contributed by atoms with E-state index in [9.17, 15) is 4.79 Å². The van der Waals surface area contributed by atoms with Crippen molar-refractivity contribution >= 4 is 5.78 Å². The Kier molecular flexibility index (Phi) is 3.45. The Labute approximate surface area is 139 Å². The standard InChI is InChI=1S/C18H17N5O/c1-11(2)17-15(8-20-18(22-17)23-10-19-9-21-23)13-4-3-12-5-6-16(24)14(12)7-13/h3-4,7-11H,5-6H2,1-2H3. The highest BCUT2D eigenvalue weighted by molar-refractivity contribution is 6.01. The molecule has 0 saturated carbocycles. The lowest BCUT2D eigenvalue weighted by Crippen LogP contribution is -2.07. The van der Waals surface area contributed by atoms with Crippen LogP contribution in [0.2, 0.25) is 0 Å². The molecule has 0 bridgehead atoms. The first-order valence-corrected chi connectivity index (χ1v) is 8.02. The van der Waals surface area contributed by atoms with Crippen LogP contribution >= 0.6 is 0 Å². The summed E-state index contributed by atoms with van der Waals surface area (Å²) in [6.07, 6.45) is 6.29. The number of carbonyl (C=O) groups excluding carboxylic acids is 1. The Morgan fingerprint density at radius 2 is 2.04 bits per heavy atom. The fraction of sp³-hybridized carbons (Fsp3) is 0.278. The van der Waals surface area contributed by atoms with E-state index >= 15 is 0 Å². The van der Waals surface area contributed by atoms with Gasteiger partial charge in [-0.1, -0.05) is 26.0 Å². The Morgan fingerprint density at radius 1 is 1.17 bits per heavy atom. The quantitative estimate of drug-likeness (QED) is 0.742. The van der Waals surface area contributed by atoms with E-state index in [1.54, 1.807) is 17.2 Å². The van der Waals surface area contributed by atoms with Crippen LogP contribution < -0.4 is 0 Å². The number of rotatable bonds is 3. The lowest BCUT2D eigenvalue weighted by atomic mass is 9.96. The number of hydrogen-bond acceptors (Lipinski definition) is 5. The van der Waals surface area contributed by atoms with Gasteiger partial charge in [-0.2, -0.15) is 9.78 Å². The molecule has 0 unspecified atom stereocenters. The van der Waals surface area contributed by atoms with Crippen LogP contribution in [0.5, 0.6) is 0 Å². The number of aryl methyl sites for hydroxylation is 1. The van der Waals surface area contributed by atoms with Gasteiger partial charge >= 0.3 is 0 Å². The molecule has 6 nitrogen and oxygen atoms in total. The molecule has 3 aromatic rings. The zero-order chi connectivity index (χ0) is 16.7. The molecular formula is C18H17N5O. The normalized spacial score (nSPS) is 13.5. The highest BCUT2D eigenvalue weighted by Crippen LogP contribution is 2.31. The minimum absolute atomic E-state index is 0.217. The van der Waals surface area contributed by atoms with Crippen molar-refractivity contribution in [3.8, 4) is 17.1 Å². The van der Waals surface area contributed by atoms with Gasteiger partial charge in [0.2, 0.25) is 0 Å². The Bertz CT molecular complexity index is 915. The number of ketones is 1. The third kappa shape index (κ3) is 2.40. The molecule has 6 heteroatoms. The second-order valence-corrected chi connectivity index (χ2v) is 6.26. The SMILES string of the molecule is CC(C)c1nc(-n2cncn2)ncc1-c1ccc2c(c1)C(=O)CC2. The molecule has 2 heterocycles. The molecule has 0 atom stereocenters. The molecule has 0 radical (unpaired) electrons. The van der Waals surface area contributed by atoms with Gasteiger partial charge in [0.25, 0.3) is 5.95 Å². The smallest absolute Gasteiger partial charge is 0.252 e. The predicted octanol–water partition coefficient (Wildman–Crippen LogP) is 2.98. The number of carbonyl (C=O) groups is 1. The van der Waals surface area contributed by atoms with Crippen molar-refractivity contribution in [3.05, 3.63) is 53.9 Å². The van der Waals surface area contributed by atoms with E-state index in [0.29, 0.717) is 12.4 Å². The summed E-state index contributed by atoms with van der Waals surface area (Å²) < 4.78 is 1.54. The van der Waals surface area contributed by atoms with Crippen molar-refractivity contribution in [2.24, 2.45) is 0 Å². The van der Waals surface area contributed by atoms with Crippen LogP contribution in [0.3, 0.4) is 0 Å². The summed E-state index contributed by atoms with van der Waals surface area (Å²) >= 11 is 0. The van der Waals surface area contributed by atoms with Gasteiger partial charge in [0.1, 0.15) is 12.7 Å². The molecule has 0 saturated heterocycles. The number of fused-ring (bicyclic) bond motifs is 1. The highest BCUT2D eigenvalue weighted by atomic mass is 16.1. The average Bonchev–Trinajstić information content (AvgIpc) is 3.24. The maximum atomic E-state index is 12.0. The zero-order valence-electron chi connectivity index (χ0n) is 13.6. The van der Waals surface area contributed by atoms with Crippen molar-refractivity contribution in [3.63, 3.8) is 0 Å². The third-order valence-electron chi connectivity index (χ3n) is 4.32. The molecule has 1 aliphatic rings. The second-order valence-electron chi connectivity index (χ2n) is 6.26. The third-order valence-corrected chi connectivity index (χ3v) is 4.32. The molecule has 0 fully saturated rings. The summed E-state index contributed by atoms with van der Waals surface area (Å²) in [7, 11) is 0. The second kappa shape index (κ2) is 5.63. The fourth-order valence-electron chi connectivity index (χ4n) is 3.07. The first kappa shape index (κ1) is 14.7. The van der Waals surface area contributed by atoms with Crippen molar-refractivity contribution in [1.82, 2.24) is 24.7 Å². The van der Waals surface area contributed by atoms with E-state index < -0.39 is 0 Å². The number of benzene rings is 1. The molecule has 24 heavy (non-hydrogen) atoms. The number of hydrogen-bond donors (Lipinski definition) is 0. The first-order chi connectivity index (χ1) is 11.6. The van der Waals surface area contributed by atoms with Crippen LogP contribution in [0.4, 0.5) is 0 Å². The molecule has 1 aliphatic carbocycles. The van der Waals surface area contributed by atoms with Gasteiger partial charge in [0.15, 0.2) is 5.78 Å². The van der Waals surface area contributed by atoms with Gasteiger partial charge in [0.05, 0.1) is 5.69 Å². The van der Waals surface area contributed by atoms with Crippen molar-refractivity contribution in [2.75, 3.05) is 0 Å². The molecule has 1 aromatic carbocycles. The Balaban J connectivity index is 1.83. The Hall–Kier alpha value is -2.89. The maximum Gasteiger partial charge on any atom is 0.252 e. The van der Waals surface area contributed by atoms with Gasteiger partial charge in [-0.3, -0.25) is 4.79 Å². The summed E-state index contributed by atoms with van der Waals surface area (Å²) in [6.45, 7) is 4.19. The minimum Gasteiger partial charge on any atom is -0.294 e. The lowest BCUT2D eigenvalue weighted by molar-refractivity contribution is 0.0994. The van der Waals surface area contributed by atoms with Crippen molar-refractivity contribution < 1.29 is 4.79 Å². The molecule has 0 aliphatic heterocycles. The van der Waals surface area contributed by atoms with Crippen molar-refractivity contribution in [1.29, 1.82) is 0 Å². The minimum atomic E-state index is 0.217. The van der Waals surface area contributed by atoms with Gasteiger partial charge < -0.3 is 0 Å². The highest BCUT2D eigenvalue weighted by Gasteiger charge is 2.21. The molecule has 0 N–H and O–H groups in total. The van der Waals surface area contributed by atoms with E-state index in [4.69, 9.17) is 0 Å². The van der Waals surface area contributed by atoms with Gasteiger partial charge in [-0.25, -0.2) is 15.0 Å². The summed E-state index contributed by atoms with van der Waals surface area (Å²) in [6, 6.07) is 6.08. The topological polar surface area (TPSA) is 73.6 Å². The molecule has 0 amide bonds. The number of aromatic nitrogens is 5. The van der Waals surface area contributed by atoms with E-state index in [0.717, 1.165) is 34.4 Å². The van der Waals surface area contributed by atoms with Crippen LogP contribution in [0.1, 0.15) is 47.8 Å². The first-order valence-electron chi connectivity index (χ1n) is 8.02. The molecule has 120 valence electrons. The summed E-state index contributed by atoms with van der Waals surface area (Å²) in [4.78, 5) is 25.0. The molecule has 0 spiro atoms. The summed E-state index contributed by atoms with van der Waals surface area (Å²) in [5, 5.41) is 4.08. The molecular weight excluding hydrogens is 302 g/mol. The number of nitrogens with zero attached hydrogens (tertiary/aromatic N) is 5. The van der Waals surface area contributed by atoms with Crippen LogP contribution in [0.15, 0.2) is 37.1 Å². The van der Waals surface area contributed by atoms with Gasteiger partial charge in [-0.05, 0) is 29.5 Å². The van der Waals surface area contributed by atoms with Crippen LogP contribution in [-0.2, 0) is 6.42 Å². The number of Topliss-reactive ketones (excluding diaryl/α,β-unsaturated/α-hetero) is 1. The van der Waals surface area contributed by atoms with E-state index in [1.807, 2.05) is 12.1 Å². The van der Waals surface area contributed by atoms with Gasteiger partial charge in [-0.15, -0.1) is 0 Å². The summed E-state index contributed by atoms with van der Waals surface area (Å²) in [5.74, 6) is 0.935. The van der Waals surface area contributed by atoms with Crippen LogP contribution in [0, 0.1) is 0 Å². The maximum absolute atomic E-state index is 12.0. The average molecular weight is 319 g/mol. The van der Waals surface area contributed by atoms with Crippen LogP contribution in [0.25, 0.3) is 17.1 Å². The molecule has 2 aromatic heterocycles. The van der Waals surface area contributed by atoms with E-state index in [-0.39, 0.29) is 11.7 Å². The monoisotopic (exact) mass is 319 g/mol. The van der Waals surface area contributed by atoms with Crippen LogP contribution in [-0.4, -0.2) is 30.5 Å².